The van der Waals surface area contributed by atoms with Crippen molar-refractivity contribution in [3.05, 3.63) is 41.4 Å². The lowest BCUT2D eigenvalue weighted by molar-refractivity contribution is 0.141. The van der Waals surface area contributed by atoms with Gasteiger partial charge in [0.1, 0.15) is 5.01 Å². The van der Waals surface area contributed by atoms with Gasteiger partial charge in [0.2, 0.25) is 0 Å². The molecule has 3 nitrogen and oxygen atoms in total. The molecule has 2 aromatic rings. The summed E-state index contributed by atoms with van der Waals surface area (Å²) in [5, 5.41) is 12.4. The van der Waals surface area contributed by atoms with Crippen LogP contribution in [0.2, 0.25) is 0 Å². The summed E-state index contributed by atoms with van der Waals surface area (Å²) in [4.78, 5) is 7.25. The Hall–Kier alpha value is -1.23. The van der Waals surface area contributed by atoms with E-state index >= 15 is 0 Å². The summed E-state index contributed by atoms with van der Waals surface area (Å²) in [6.45, 7) is 3.50. The number of likely N-dealkylation sites (tertiary alicyclic amines) is 1. The fourth-order valence-corrected chi connectivity index (χ4v) is 3.85. The minimum absolute atomic E-state index is 0.313. The number of aliphatic hydroxyl groups is 1. The molecule has 1 aromatic carbocycles. The first-order chi connectivity index (χ1) is 10.3. The van der Waals surface area contributed by atoms with Crippen molar-refractivity contribution in [1.29, 1.82) is 0 Å². The number of rotatable bonds is 5. The van der Waals surface area contributed by atoms with Crippen LogP contribution in [0, 0.1) is 5.92 Å². The molecule has 1 N–H and O–H groups in total. The molecular formula is C17H22N2OS. The van der Waals surface area contributed by atoms with Crippen LogP contribution in [0.5, 0.6) is 0 Å². The standard InChI is InChI=1S/C17H22N2OS/c20-10-8-14-5-4-9-19(11-14)12-16-13-21-17(18-16)15-6-2-1-3-7-15/h1-3,6-7,13-14,20H,4-5,8-12H2. The van der Waals surface area contributed by atoms with E-state index < -0.39 is 0 Å². The molecule has 3 rings (SSSR count). The number of hydrogen-bond donors (Lipinski definition) is 1. The van der Waals surface area contributed by atoms with Crippen LogP contribution < -0.4 is 0 Å². The summed E-state index contributed by atoms with van der Waals surface area (Å²) < 4.78 is 0. The summed E-state index contributed by atoms with van der Waals surface area (Å²) in [6.07, 6.45) is 3.42. The van der Waals surface area contributed by atoms with Crippen LogP contribution in [-0.4, -0.2) is 34.7 Å². The zero-order valence-electron chi connectivity index (χ0n) is 12.2. The smallest absolute Gasteiger partial charge is 0.123 e. The summed E-state index contributed by atoms with van der Waals surface area (Å²) in [7, 11) is 0. The van der Waals surface area contributed by atoms with Crippen molar-refractivity contribution in [3.63, 3.8) is 0 Å². The second kappa shape index (κ2) is 7.16. The maximum atomic E-state index is 9.09. The molecular weight excluding hydrogens is 280 g/mol. The maximum Gasteiger partial charge on any atom is 0.123 e. The van der Waals surface area contributed by atoms with E-state index in [0.717, 1.165) is 31.1 Å². The molecule has 0 amide bonds. The fraction of sp³-hybridized carbons (Fsp3) is 0.471. The number of nitrogens with zero attached hydrogens (tertiary/aromatic N) is 2. The highest BCUT2D eigenvalue weighted by atomic mass is 32.1. The lowest BCUT2D eigenvalue weighted by atomic mass is 9.95. The van der Waals surface area contributed by atoms with E-state index in [1.807, 2.05) is 6.07 Å². The Morgan fingerprint density at radius 3 is 2.95 bits per heavy atom. The first kappa shape index (κ1) is 14.7. The molecule has 0 bridgehead atoms. The fourth-order valence-electron chi connectivity index (χ4n) is 3.04. The van der Waals surface area contributed by atoms with Crippen LogP contribution in [0.4, 0.5) is 0 Å². The SMILES string of the molecule is OCCC1CCCN(Cc2csc(-c3ccccc3)n2)C1. The zero-order chi connectivity index (χ0) is 14.5. The van der Waals surface area contributed by atoms with Crippen LogP contribution in [-0.2, 0) is 6.54 Å². The van der Waals surface area contributed by atoms with Crippen molar-refractivity contribution < 1.29 is 5.11 Å². The Kier molecular flexibility index (Phi) is 5.01. The predicted molar refractivity (Wildman–Crippen MR) is 87.3 cm³/mol. The van der Waals surface area contributed by atoms with Crippen molar-refractivity contribution in [2.75, 3.05) is 19.7 Å². The molecule has 2 heterocycles. The summed E-state index contributed by atoms with van der Waals surface area (Å²) in [5.41, 5.74) is 2.37. The van der Waals surface area contributed by atoms with Crippen molar-refractivity contribution in [2.45, 2.75) is 25.8 Å². The van der Waals surface area contributed by atoms with Gasteiger partial charge in [0, 0.05) is 30.6 Å². The molecule has 0 aliphatic carbocycles. The molecule has 0 spiro atoms. The van der Waals surface area contributed by atoms with Gasteiger partial charge in [0.05, 0.1) is 5.69 Å². The second-order valence-electron chi connectivity index (χ2n) is 5.77. The van der Waals surface area contributed by atoms with Gasteiger partial charge in [-0.1, -0.05) is 30.3 Å². The Labute approximate surface area is 130 Å². The molecule has 1 atom stereocenters. The highest BCUT2D eigenvalue weighted by molar-refractivity contribution is 7.13. The molecule has 1 aliphatic heterocycles. The van der Waals surface area contributed by atoms with Gasteiger partial charge in [-0.25, -0.2) is 4.98 Å². The van der Waals surface area contributed by atoms with Gasteiger partial charge in [0.25, 0.3) is 0 Å². The summed E-state index contributed by atoms with van der Waals surface area (Å²) in [6, 6.07) is 10.4. The van der Waals surface area contributed by atoms with Crippen LogP contribution in [0.1, 0.15) is 25.0 Å². The quantitative estimate of drug-likeness (QED) is 0.919. The average molecular weight is 302 g/mol. The highest BCUT2D eigenvalue weighted by Crippen LogP contribution is 2.25. The van der Waals surface area contributed by atoms with Gasteiger partial charge in [-0.2, -0.15) is 0 Å². The number of aliphatic hydroxyl groups excluding tert-OH is 1. The monoisotopic (exact) mass is 302 g/mol. The number of aromatic nitrogens is 1. The van der Waals surface area contributed by atoms with Gasteiger partial charge in [-0.15, -0.1) is 11.3 Å². The molecule has 1 fully saturated rings. The Balaban J connectivity index is 1.62. The second-order valence-corrected chi connectivity index (χ2v) is 6.62. The number of benzene rings is 1. The van der Waals surface area contributed by atoms with Crippen molar-refractivity contribution in [1.82, 2.24) is 9.88 Å². The van der Waals surface area contributed by atoms with E-state index in [1.54, 1.807) is 11.3 Å². The van der Waals surface area contributed by atoms with Gasteiger partial charge in [-0.3, -0.25) is 4.90 Å². The van der Waals surface area contributed by atoms with Crippen molar-refractivity contribution in [2.24, 2.45) is 5.92 Å². The topological polar surface area (TPSA) is 36.4 Å². The first-order valence-electron chi connectivity index (χ1n) is 7.68. The van der Waals surface area contributed by atoms with E-state index in [0.29, 0.717) is 12.5 Å². The van der Waals surface area contributed by atoms with Crippen LogP contribution in [0.25, 0.3) is 10.6 Å². The molecule has 4 heteroatoms. The molecule has 0 radical (unpaired) electrons. The average Bonchev–Trinajstić information content (AvgIpc) is 2.97. The largest absolute Gasteiger partial charge is 0.396 e. The predicted octanol–water partition coefficient (Wildman–Crippen LogP) is 3.40. The van der Waals surface area contributed by atoms with Gasteiger partial charge in [0.15, 0.2) is 0 Å². The zero-order valence-corrected chi connectivity index (χ0v) is 13.1. The van der Waals surface area contributed by atoms with Gasteiger partial charge in [-0.05, 0) is 31.7 Å². The van der Waals surface area contributed by atoms with E-state index in [4.69, 9.17) is 10.1 Å². The third kappa shape index (κ3) is 3.90. The van der Waals surface area contributed by atoms with E-state index in [1.165, 1.54) is 24.1 Å². The molecule has 1 aliphatic rings. The Morgan fingerprint density at radius 2 is 2.14 bits per heavy atom. The van der Waals surface area contributed by atoms with Crippen LogP contribution >= 0.6 is 11.3 Å². The Morgan fingerprint density at radius 1 is 1.29 bits per heavy atom. The molecule has 1 aromatic heterocycles. The Bertz CT molecular complexity index is 553. The number of piperidine rings is 1. The van der Waals surface area contributed by atoms with Crippen LogP contribution in [0.15, 0.2) is 35.7 Å². The number of hydrogen-bond acceptors (Lipinski definition) is 4. The molecule has 1 saturated heterocycles. The van der Waals surface area contributed by atoms with Crippen LogP contribution in [0.3, 0.4) is 0 Å². The lowest BCUT2D eigenvalue weighted by Gasteiger charge is -2.31. The summed E-state index contributed by atoms with van der Waals surface area (Å²) in [5.74, 6) is 0.649. The van der Waals surface area contributed by atoms with Gasteiger partial charge >= 0.3 is 0 Å². The molecule has 0 saturated carbocycles. The highest BCUT2D eigenvalue weighted by Gasteiger charge is 2.20. The third-order valence-electron chi connectivity index (χ3n) is 4.10. The van der Waals surface area contributed by atoms with Crippen molar-refractivity contribution in [3.8, 4) is 10.6 Å². The molecule has 21 heavy (non-hydrogen) atoms. The lowest BCUT2D eigenvalue weighted by Crippen LogP contribution is -2.35. The third-order valence-corrected chi connectivity index (χ3v) is 5.04. The maximum absolute atomic E-state index is 9.09. The molecule has 1 unspecified atom stereocenters. The molecule has 112 valence electrons. The van der Waals surface area contributed by atoms with Crippen molar-refractivity contribution >= 4 is 11.3 Å². The minimum Gasteiger partial charge on any atom is -0.396 e. The van der Waals surface area contributed by atoms with E-state index in [2.05, 4.69) is 34.5 Å². The minimum atomic E-state index is 0.313. The van der Waals surface area contributed by atoms with E-state index in [-0.39, 0.29) is 0 Å². The normalized spacial score (nSPS) is 19.8. The summed E-state index contributed by atoms with van der Waals surface area (Å²) >= 11 is 1.72. The first-order valence-corrected chi connectivity index (χ1v) is 8.56. The number of thiazole rings is 1. The van der Waals surface area contributed by atoms with E-state index in [9.17, 15) is 0 Å². The van der Waals surface area contributed by atoms with Gasteiger partial charge < -0.3 is 5.11 Å².